The molecule has 5 heteroatoms. The summed E-state index contributed by atoms with van der Waals surface area (Å²) in [7, 11) is 0. The molecule has 0 atom stereocenters. The van der Waals surface area contributed by atoms with E-state index in [0.717, 1.165) is 21.8 Å². The van der Waals surface area contributed by atoms with Crippen molar-refractivity contribution < 1.29 is 8.78 Å². The molecule has 100 valence electrons. The molecule has 2 nitrogen and oxygen atoms in total. The van der Waals surface area contributed by atoms with Gasteiger partial charge >= 0.3 is 0 Å². The average molecular weight is 327 g/mol. The second kappa shape index (κ2) is 5.57. The van der Waals surface area contributed by atoms with Gasteiger partial charge in [-0.1, -0.05) is 6.07 Å². The molecule has 2 rings (SSSR count). The van der Waals surface area contributed by atoms with Gasteiger partial charge in [0.2, 0.25) is 0 Å². The van der Waals surface area contributed by atoms with Crippen molar-refractivity contribution in [2.24, 2.45) is 0 Å². The molecule has 19 heavy (non-hydrogen) atoms. The molecule has 0 saturated carbocycles. The highest BCUT2D eigenvalue weighted by Crippen LogP contribution is 2.28. The standard InChI is InChI=1S/C14H13BrF2N2/c1-8-4-14(10(15)6-13(8)18)19-7-9-2-3-11(16)12(17)5-9/h2-6,19H,7,18H2,1H3. The van der Waals surface area contributed by atoms with Crippen molar-refractivity contribution in [1.29, 1.82) is 0 Å². The van der Waals surface area contributed by atoms with Crippen LogP contribution in [0.2, 0.25) is 0 Å². The molecule has 0 spiro atoms. The van der Waals surface area contributed by atoms with Gasteiger partial charge in [-0.15, -0.1) is 0 Å². The van der Waals surface area contributed by atoms with Crippen molar-refractivity contribution in [3.63, 3.8) is 0 Å². The lowest BCUT2D eigenvalue weighted by molar-refractivity contribution is 0.507. The van der Waals surface area contributed by atoms with Gasteiger partial charge in [-0.3, -0.25) is 0 Å². The Morgan fingerprint density at radius 1 is 1.16 bits per heavy atom. The van der Waals surface area contributed by atoms with Crippen LogP contribution in [0.25, 0.3) is 0 Å². The SMILES string of the molecule is Cc1cc(NCc2ccc(F)c(F)c2)c(Br)cc1N. The van der Waals surface area contributed by atoms with E-state index in [1.807, 2.05) is 19.1 Å². The Labute approximate surface area is 118 Å². The maximum absolute atomic E-state index is 13.1. The zero-order valence-electron chi connectivity index (χ0n) is 10.3. The van der Waals surface area contributed by atoms with Crippen LogP contribution < -0.4 is 11.1 Å². The van der Waals surface area contributed by atoms with E-state index in [1.165, 1.54) is 6.07 Å². The number of hydrogen-bond donors (Lipinski definition) is 2. The number of halogens is 3. The van der Waals surface area contributed by atoms with Crippen LogP contribution >= 0.6 is 15.9 Å². The summed E-state index contributed by atoms with van der Waals surface area (Å²) in [6, 6.07) is 7.56. The highest BCUT2D eigenvalue weighted by atomic mass is 79.9. The second-order valence-corrected chi connectivity index (χ2v) is 5.14. The predicted molar refractivity (Wildman–Crippen MR) is 77.0 cm³/mol. The van der Waals surface area contributed by atoms with Gasteiger partial charge in [0, 0.05) is 22.4 Å². The van der Waals surface area contributed by atoms with Crippen molar-refractivity contribution >= 4 is 27.3 Å². The van der Waals surface area contributed by atoms with E-state index in [-0.39, 0.29) is 0 Å². The molecule has 0 radical (unpaired) electrons. The van der Waals surface area contributed by atoms with Gasteiger partial charge < -0.3 is 11.1 Å². The van der Waals surface area contributed by atoms with Crippen molar-refractivity contribution in [2.45, 2.75) is 13.5 Å². The molecule has 0 heterocycles. The molecule has 0 saturated heterocycles. The fourth-order valence-electron chi connectivity index (χ4n) is 1.68. The molecular formula is C14H13BrF2N2. The Morgan fingerprint density at radius 2 is 1.89 bits per heavy atom. The number of anilines is 2. The molecule has 2 aromatic carbocycles. The molecule has 0 fully saturated rings. The van der Waals surface area contributed by atoms with Crippen LogP contribution in [-0.2, 0) is 6.54 Å². The molecule has 0 aliphatic carbocycles. The Kier molecular flexibility index (Phi) is 4.04. The molecule has 0 aromatic heterocycles. The van der Waals surface area contributed by atoms with Gasteiger partial charge in [0.15, 0.2) is 11.6 Å². The van der Waals surface area contributed by atoms with E-state index in [1.54, 1.807) is 6.07 Å². The smallest absolute Gasteiger partial charge is 0.159 e. The lowest BCUT2D eigenvalue weighted by Gasteiger charge is -2.11. The average Bonchev–Trinajstić information content (AvgIpc) is 2.36. The zero-order chi connectivity index (χ0) is 14.0. The molecule has 0 unspecified atom stereocenters. The Balaban J connectivity index is 2.14. The van der Waals surface area contributed by atoms with Gasteiger partial charge in [0.05, 0.1) is 0 Å². The number of rotatable bonds is 3. The van der Waals surface area contributed by atoms with Gasteiger partial charge in [-0.2, -0.15) is 0 Å². The zero-order valence-corrected chi connectivity index (χ0v) is 11.9. The van der Waals surface area contributed by atoms with Crippen molar-refractivity contribution in [3.05, 3.63) is 57.6 Å². The number of nitrogens with one attached hydrogen (secondary N) is 1. The number of nitrogens with two attached hydrogens (primary N) is 1. The predicted octanol–water partition coefficient (Wildman–Crippen LogP) is 4.23. The molecule has 0 amide bonds. The summed E-state index contributed by atoms with van der Waals surface area (Å²) in [6.07, 6.45) is 0. The van der Waals surface area contributed by atoms with Crippen LogP contribution in [0.15, 0.2) is 34.8 Å². The third-order valence-electron chi connectivity index (χ3n) is 2.82. The van der Waals surface area contributed by atoms with Crippen LogP contribution in [0.5, 0.6) is 0 Å². The first-order valence-electron chi connectivity index (χ1n) is 5.71. The third kappa shape index (κ3) is 3.23. The highest BCUT2D eigenvalue weighted by molar-refractivity contribution is 9.10. The Bertz CT molecular complexity index is 615. The van der Waals surface area contributed by atoms with E-state index in [2.05, 4.69) is 21.2 Å². The van der Waals surface area contributed by atoms with Crippen molar-refractivity contribution in [1.82, 2.24) is 0 Å². The summed E-state index contributed by atoms with van der Waals surface area (Å²) in [5, 5.41) is 3.15. The lowest BCUT2D eigenvalue weighted by atomic mass is 10.1. The summed E-state index contributed by atoms with van der Waals surface area (Å²) in [5.41, 5.74) is 8.96. The Morgan fingerprint density at radius 3 is 2.58 bits per heavy atom. The first-order chi connectivity index (χ1) is 8.97. The van der Waals surface area contributed by atoms with Crippen LogP contribution in [0.4, 0.5) is 20.2 Å². The fourth-order valence-corrected chi connectivity index (χ4v) is 2.18. The van der Waals surface area contributed by atoms with Crippen LogP contribution in [0.3, 0.4) is 0 Å². The van der Waals surface area contributed by atoms with Crippen molar-refractivity contribution in [2.75, 3.05) is 11.1 Å². The van der Waals surface area contributed by atoms with Crippen LogP contribution in [0, 0.1) is 18.6 Å². The number of nitrogen functional groups attached to an aromatic ring is 1. The highest BCUT2D eigenvalue weighted by Gasteiger charge is 2.05. The quantitative estimate of drug-likeness (QED) is 0.828. The number of benzene rings is 2. The van der Waals surface area contributed by atoms with Crippen molar-refractivity contribution in [3.8, 4) is 0 Å². The normalized spacial score (nSPS) is 10.5. The minimum Gasteiger partial charge on any atom is -0.398 e. The maximum atomic E-state index is 13.1. The summed E-state index contributed by atoms with van der Waals surface area (Å²) in [5.74, 6) is -1.68. The largest absolute Gasteiger partial charge is 0.398 e. The fraction of sp³-hybridized carbons (Fsp3) is 0.143. The van der Waals surface area contributed by atoms with E-state index >= 15 is 0 Å². The van der Waals surface area contributed by atoms with E-state index in [0.29, 0.717) is 17.8 Å². The number of hydrogen-bond acceptors (Lipinski definition) is 2. The second-order valence-electron chi connectivity index (χ2n) is 4.29. The summed E-state index contributed by atoms with van der Waals surface area (Å²) in [4.78, 5) is 0. The first kappa shape index (κ1) is 13.8. The lowest BCUT2D eigenvalue weighted by Crippen LogP contribution is -2.02. The van der Waals surface area contributed by atoms with Gasteiger partial charge in [0.1, 0.15) is 0 Å². The molecule has 3 N–H and O–H groups in total. The van der Waals surface area contributed by atoms with Crippen LogP contribution in [0.1, 0.15) is 11.1 Å². The summed E-state index contributed by atoms with van der Waals surface area (Å²) >= 11 is 3.40. The third-order valence-corrected chi connectivity index (χ3v) is 3.48. The van der Waals surface area contributed by atoms with Gasteiger partial charge in [-0.05, 0) is 58.2 Å². The summed E-state index contributed by atoms with van der Waals surface area (Å²) in [6.45, 7) is 2.31. The molecule has 2 aromatic rings. The minimum absolute atomic E-state index is 0.402. The van der Waals surface area contributed by atoms with E-state index in [4.69, 9.17) is 5.73 Å². The topological polar surface area (TPSA) is 38.0 Å². The molecular weight excluding hydrogens is 314 g/mol. The van der Waals surface area contributed by atoms with Crippen LogP contribution in [-0.4, -0.2) is 0 Å². The summed E-state index contributed by atoms with van der Waals surface area (Å²) < 4.78 is 26.7. The Hall–Kier alpha value is -1.62. The minimum atomic E-state index is -0.841. The van der Waals surface area contributed by atoms with Gasteiger partial charge in [-0.25, -0.2) is 8.78 Å². The monoisotopic (exact) mass is 326 g/mol. The van der Waals surface area contributed by atoms with E-state index in [9.17, 15) is 8.78 Å². The molecule has 0 aliphatic heterocycles. The van der Waals surface area contributed by atoms with E-state index < -0.39 is 11.6 Å². The van der Waals surface area contributed by atoms with Gasteiger partial charge in [0.25, 0.3) is 0 Å². The maximum Gasteiger partial charge on any atom is 0.159 e. The first-order valence-corrected chi connectivity index (χ1v) is 6.50. The molecule has 0 aliphatic rings. The molecule has 0 bridgehead atoms. The number of aryl methyl sites for hydroxylation is 1.